The molecule has 0 saturated heterocycles. The standard InChI is InChI=1S/C10H16N4O4/c1-7(15)8(9(16)17)13-10(18)11-4-6-14-5-2-3-12-14/h2-3,5,7-8,15H,4,6H2,1H3,(H,16,17)(H2,11,13,18). The minimum atomic E-state index is -1.32. The molecule has 2 unspecified atom stereocenters. The molecule has 1 heterocycles. The fraction of sp³-hybridized carbons (Fsp3) is 0.500. The topological polar surface area (TPSA) is 116 Å². The van der Waals surface area contributed by atoms with E-state index in [2.05, 4.69) is 15.7 Å². The molecule has 18 heavy (non-hydrogen) atoms. The Kier molecular flexibility index (Phi) is 5.12. The second-order valence-electron chi connectivity index (χ2n) is 3.73. The monoisotopic (exact) mass is 256 g/mol. The van der Waals surface area contributed by atoms with Crippen LogP contribution in [0.4, 0.5) is 4.79 Å². The number of aliphatic hydroxyl groups is 1. The van der Waals surface area contributed by atoms with E-state index in [0.29, 0.717) is 13.1 Å². The van der Waals surface area contributed by atoms with Gasteiger partial charge in [0.05, 0.1) is 12.6 Å². The Morgan fingerprint density at radius 2 is 2.22 bits per heavy atom. The first-order valence-corrected chi connectivity index (χ1v) is 5.43. The molecule has 0 aliphatic rings. The fourth-order valence-corrected chi connectivity index (χ4v) is 1.30. The van der Waals surface area contributed by atoms with Crippen LogP contribution in [0.25, 0.3) is 0 Å². The number of carbonyl (C=O) groups excluding carboxylic acids is 1. The molecular formula is C10H16N4O4. The highest BCUT2D eigenvalue weighted by atomic mass is 16.4. The molecule has 0 saturated carbocycles. The van der Waals surface area contributed by atoms with Crippen LogP contribution in [0, 0.1) is 0 Å². The molecule has 1 aromatic rings. The number of nitrogens with zero attached hydrogens (tertiary/aromatic N) is 2. The number of aliphatic carboxylic acids is 1. The van der Waals surface area contributed by atoms with E-state index in [-0.39, 0.29) is 0 Å². The minimum Gasteiger partial charge on any atom is -0.480 e. The third-order valence-electron chi connectivity index (χ3n) is 2.22. The van der Waals surface area contributed by atoms with E-state index in [9.17, 15) is 9.59 Å². The van der Waals surface area contributed by atoms with Gasteiger partial charge in [0.15, 0.2) is 6.04 Å². The second-order valence-corrected chi connectivity index (χ2v) is 3.73. The van der Waals surface area contributed by atoms with Crippen LogP contribution in [-0.2, 0) is 11.3 Å². The Hall–Kier alpha value is -2.09. The molecule has 0 aliphatic heterocycles. The van der Waals surface area contributed by atoms with E-state index in [1.165, 1.54) is 6.92 Å². The van der Waals surface area contributed by atoms with Gasteiger partial charge < -0.3 is 20.8 Å². The molecule has 0 aromatic carbocycles. The van der Waals surface area contributed by atoms with Crippen LogP contribution in [-0.4, -0.2) is 50.7 Å². The van der Waals surface area contributed by atoms with Gasteiger partial charge in [0.25, 0.3) is 0 Å². The first-order valence-electron chi connectivity index (χ1n) is 5.43. The second kappa shape index (κ2) is 6.60. The van der Waals surface area contributed by atoms with Crippen LogP contribution in [0.5, 0.6) is 0 Å². The van der Waals surface area contributed by atoms with Gasteiger partial charge in [-0.25, -0.2) is 9.59 Å². The van der Waals surface area contributed by atoms with Crippen molar-refractivity contribution in [3.8, 4) is 0 Å². The highest BCUT2D eigenvalue weighted by molar-refractivity contribution is 5.82. The maximum absolute atomic E-state index is 11.4. The van der Waals surface area contributed by atoms with E-state index in [1.807, 2.05) is 0 Å². The lowest BCUT2D eigenvalue weighted by Crippen LogP contribution is -2.51. The number of aliphatic hydroxyl groups excluding tert-OH is 1. The van der Waals surface area contributed by atoms with Crippen molar-refractivity contribution in [3.05, 3.63) is 18.5 Å². The van der Waals surface area contributed by atoms with Crippen LogP contribution in [0.3, 0.4) is 0 Å². The van der Waals surface area contributed by atoms with Crippen molar-refractivity contribution < 1.29 is 19.8 Å². The largest absolute Gasteiger partial charge is 0.480 e. The molecule has 2 atom stereocenters. The van der Waals surface area contributed by atoms with Crippen molar-refractivity contribution in [2.75, 3.05) is 6.54 Å². The number of hydrogen-bond donors (Lipinski definition) is 4. The number of nitrogens with one attached hydrogen (secondary N) is 2. The summed E-state index contributed by atoms with van der Waals surface area (Å²) in [7, 11) is 0. The molecule has 2 amide bonds. The first-order chi connectivity index (χ1) is 8.50. The average molecular weight is 256 g/mol. The van der Waals surface area contributed by atoms with Gasteiger partial charge in [0, 0.05) is 18.9 Å². The minimum absolute atomic E-state index is 0.305. The zero-order valence-electron chi connectivity index (χ0n) is 9.91. The van der Waals surface area contributed by atoms with Gasteiger partial charge >= 0.3 is 12.0 Å². The number of carboxylic acids is 1. The number of carboxylic acid groups (broad SMARTS) is 1. The van der Waals surface area contributed by atoms with Crippen molar-refractivity contribution in [1.82, 2.24) is 20.4 Å². The van der Waals surface area contributed by atoms with Crippen molar-refractivity contribution in [2.24, 2.45) is 0 Å². The third kappa shape index (κ3) is 4.42. The van der Waals surface area contributed by atoms with Crippen molar-refractivity contribution in [2.45, 2.75) is 25.6 Å². The molecule has 1 aromatic heterocycles. The molecule has 8 heteroatoms. The Morgan fingerprint density at radius 3 is 2.72 bits per heavy atom. The lowest BCUT2D eigenvalue weighted by Gasteiger charge is -2.17. The van der Waals surface area contributed by atoms with Crippen LogP contribution in [0.2, 0.25) is 0 Å². The van der Waals surface area contributed by atoms with Gasteiger partial charge in [-0.3, -0.25) is 4.68 Å². The van der Waals surface area contributed by atoms with E-state index < -0.39 is 24.1 Å². The molecular weight excluding hydrogens is 240 g/mol. The van der Waals surface area contributed by atoms with Gasteiger partial charge in [-0.1, -0.05) is 0 Å². The zero-order valence-corrected chi connectivity index (χ0v) is 9.91. The summed E-state index contributed by atoms with van der Waals surface area (Å²) < 4.78 is 1.63. The number of urea groups is 1. The lowest BCUT2D eigenvalue weighted by atomic mass is 10.2. The number of aromatic nitrogens is 2. The Balaban J connectivity index is 2.30. The summed E-state index contributed by atoms with van der Waals surface area (Å²) in [5.74, 6) is -1.28. The summed E-state index contributed by atoms with van der Waals surface area (Å²) in [6.45, 7) is 2.08. The van der Waals surface area contributed by atoms with Crippen LogP contribution < -0.4 is 10.6 Å². The van der Waals surface area contributed by atoms with E-state index in [4.69, 9.17) is 10.2 Å². The molecule has 0 spiro atoms. The summed E-state index contributed by atoms with van der Waals surface area (Å²) in [5, 5.41) is 26.5. The molecule has 0 bridgehead atoms. The van der Waals surface area contributed by atoms with Gasteiger partial charge in [-0.15, -0.1) is 0 Å². The molecule has 0 radical (unpaired) electrons. The summed E-state index contributed by atoms with van der Waals surface area (Å²) in [4.78, 5) is 22.1. The summed E-state index contributed by atoms with van der Waals surface area (Å²) >= 11 is 0. The van der Waals surface area contributed by atoms with E-state index in [0.717, 1.165) is 0 Å². The number of hydrogen-bond acceptors (Lipinski definition) is 4. The van der Waals surface area contributed by atoms with Gasteiger partial charge in [0.1, 0.15) is 0 Å². The maximum Gasteiger partial charge on any atom is 0.328 e. The van der Waals surface area contributed by atoms with E-state index >= 15 is 0 Å². The number of rotatable bonds is 6. The molecule has 100 valence electrons. The Labute approximate surface area is 104 Å². The first kappa shape index (κ1) is 14.0. The Morgan fingerprint density at radius 1 is 1.50 bits per heavy atom. The highest BCUT2D eigenvalue weighted by Crippen LogP contribution is 1.92. The summed E-state index contributed by atoms with van der Waals surface area (Å²) in [5.41, 5.74) is 0. The summed E-state index contributed by atoms with van der Waals surface area (Å²) in [6.07, 6.45) is 2.20. The van der Waals surface area contributed by atoms with Gasteiger partial charge in [-0.05, 0) is 13.0 Å². The predicted molar refractivity (Wildman–Crippen MR) is 61.9 cm³/mol. The fourth-order valence-electron chi connectivity index (χ4n) is 1.30. The van der Waals surface area contributed by atoms with E-state index in [1.54, 1.807) is 23.1 Å². The Bertz CT molecular complexity index is 391. The molecule has 1 rings (SSSR count). The maximum atomic E-state index is 11.4. The molecule has 4 N–H and O–H groups in total. The summed E-state index contributed by atoms with van der Waals surface area (Å²) in [6, 6.07) is -0.210. The van der Waals surface area contributed by atoms with Gasteiger partial charge in [0.2, 0.25) is 0 Å². The van der Waals surface area contributed by atoms with Crippen molar-refractivity contribution >= 4 is 12.0 Å². The number of amides is 2. The predicted octanol–water partition coefficient (Wildman–Crippen LogP) is -0.984. The molecule has 8 nitrogen and oxygen atoms in total. The van der Waals surface area contributed by atoms with Crippen LogP contribution >= 0.6 is 0 Å². The SMILES string of the molecule is CC(O)C(NC(=O)NCCn1cccn1)C(=O)O. The normalized spacial score (nSPS) is 13.7. The quantitative estimate of drug-likeness (QED) is 0.522. The van der Waals surface area contributed by atoms with Crippen LogP contribution in [0.15, 0.2) is 18.5 Å². The van der Waals surface area contributed by atoms with Gasteiger partial charge in [-0.2, -0.15) is 5.10 Å². The highest BCUT2D eigenvalue weighted by Gasteiger charge is 2.24. The molecule has 0 fully saturated rings. The molecule has 0 aliphatic carbocycles. The smallest absolute Gasteiger partial charge is 0.328 e. The van der Waals surface area contributed by atoms with Crippen molar-refractivity contribution in [1.29, 1.82) is 0 Å². The average Bonchev–Trinajstić information content (AvgIpc) is 2.78. The van der Waals surface area contributed by atoms with Crippen molar-refractivity contribution in [3.63, 3.8) is 0 Å². The number of carbonyl (C=O) groups is 2. The third-order valence-corrected chi connectivity index (χ3v) is 2.22. The van der Waals surface area contributed by atoms with Crippen LogP contribution in [0.1, 0.15) is 6.92 Å². The zero-order chi connectivity index (χ0) is 13.5. The lowest BCUT2D eigenvalue weighted by molar-refractivity contribution is -0.141.